The van der Waals surface area contributed by atoms with E-state index >= 15 is 0 Å². The summed E-state index contributed by atoms with van der Waals surface area (Å²) in [6, 6.07) is 8.42. The highest BCUT2D eigenvalue weighted by molar-refractivity contribution is 5.73. The molecule has 0 spiro atoms. The lowest BCUT2D eigenvalue weighted by molar-refractivity contribution is 0.201. The molecule has 0 saturated carbocycles. The Hall–Kier alpha value is -1.51. The van der Waals surface area contributed by atoms with Crippen molar-refractivity contribution in [3.05, 3.63) is 35.4 Å². The van der Waals surface area contributed by atoms with Crippen LogP contribution in [0.4, 0.5) is 4.79 Å². The summed E-state index contributed by atoms with van der Waals surface area (Å²) in [5.74, 6) is 0.549. The molecule has 106 valence electrons. The number of aryl methyl sites for hydroxylation is 1. The monoisotopic (exact) mass is 262 g/mol. The summed E-state index contributed by atoms with van der Waals surface area (Å²) in [4.78, 5) is 13.6. The maximum absolute atomic E-state index is 11.9. The van der Waals surface area contributed by atoms with Gasteiger partial charge in [-0.25, -0.2) is 4.79 Å². The van der Waals surface area contributed by atoms with Crippen molar-refractivity contribution in [2.24, 2.45) is 5.92 Å². The number of carbonyl (C=O) groups excluding carboxylic acids is 1. The predicted molar refractivity (Wildman–Crippen MR) is 80.4 cm³/mol. The Bertz CT molecular complexity index is 403. The normalized spacial score (nSPS) is 12.0. The van der Waals surface area contributed by atoms with E-state index in [1.54, 1.807) is 4.90 Å². The molecule has 0 aliphatic rings. The van der Waals surface area contributed by atoms with Crippen molar-refractivity contribution in [2.45, 2.75) is 33.6 Å². The van der Waals surface area contributed by atoms with E-state index in [0.29, 0.717) is 12.5 Å². The van der Waals surface area contributed by atoms with Gasteiger partial charge in [-0.1, -0.05) is 50.1 Å². The van der Waals surface area contributed by atoms with E-state index in [0.717, 1.165) is 19.4 Å². The summed E-state index contributed by atoms with van der Waals surface area (Å²) in [7, 11) is 1.86. The van der Waals surface area contributed by atoms with Crippen molar-refractivity contribution in [3.63, 3.8) is 0 Å². The predicted octanol–water partition coefficient (Wildman–Crippen LogP) is 3.23. The highest BCUT2D eigenvalue weighted by atomic mass is 16.2. The molecule has 0 aliphatic carbocycles. The molecule has 1 aromatic carbocycles. The Labute approximate surface area is 117 Å². The Morgan fingerprint density at radius 2 is 2.16 bits per heavy atom. The van der Waals surface area contributed by atoms with Crippen molar-refractivity contribution < 1.29 is 4.79 Å². The lowest BCUT2D eigenvalue weighted by Crippen LogP contribution is -2.40. The van der Waals surface area contributed by atoms with Gasteiger partial charge >= 0.3 is 6.03 Å². The summed E-state index contributed by atoms with van der Waals surface area (Å²) in [6.45, 7) is 7.90. The zero-order valence-electron chi connectivity index (χ0n) is 12.6. The van der Waals surface area contributed by atoms with Crippen molar-refractivity contribution >= 4 is 6.03 Å². The van der Waals surface area contributed by atoms with Gasteiger partial charge in [-0.3, -0.25) is 0 Å². The molecule has 0 aliphatic heterocycles. The first-order chi connectivity index (χ1) is 9.02. The van der Waals surface area contributed by atoms with E-state index in [9.17, 15) is 4.79 Å². The number of nitrogens with zero attached hydrogens (tertiary/aromatic N) is 1. The fraction of sp³-hybridized carbons (Fsp3) is 0.562. The van der Waals surface area contributed by atoms with Gasteiger partial charge in [-0.2, -0.15) is 0 Å². The number of nitrogens with one attached hydrogen (secondary N) is 1. The number of benzene rings is 1. The first-order valence-corrected chi connectivity index (χ1v) is 7.07. The van der Waals surface area contributed by atoms with Gasteiger partial charge in [0.15, 0.2) is 0 Å². The molecule has 1 atom stereocenters. The van der Waals surface area contributed by atoms with Gasteiger partial charge < -0.3 is 10.2 Å². The molecule has 19 heavy (non-hydrogen) atoms. The van der Waals surface area contributed by atoms with Gasteiger partial charge in [-0.15, -0.1) is 0 Å². The van der Waals surface area contributed by atoms with Gasteiger partial charge in [0.1, 0.15) is 0 Å². The smallest absolute Gasteiger partial charge is 0.317 e. The molecule has 2 amide bonds. The second-order valence-corrected chi connectivity index (χ2v) is 5.36. The summed E-state index contributed by atoms with van der Waals surface area (Å²) < 4.78 is 0. The third-order valence-electron chi connectivity index (χ3n) is 3.40. The van der Waals surface area contributed by atoms with Gasteiger partial charge in [0.2, 0.25) is 0 Å². The van der Waals surface area contributed by atoms with Gasteiger partial charge in [-0.05, 0) is 24.8 Å². The summed E-state index contributed by atoms with van der Waals surface area (Å²) in [5.41, 5.74) is 2.53. The van der Waals surface area contributed by atoms with E-state index in [4.69, 9.17) is 0 Å². The van der Waals surface area contributed by atoms with Gasteiger partial charge in [0, 0.05) is 20.1 Å². The highest BCUT2D eigenvalue weighted by Gasteiger charge is 2.10. The first-order valence-electron chi connectivity index (χ1n) is 7.07. The number of hydrogen-bond acceptors (Lipinski definition) is 1. The lowest BCUT2D eigenvalue weighted by atomic mass is 10.1. The van der Waals surface area contributed by atoms with E-state index < -0.39 is 0 Å². The van der Waals surface area contributed by atoms with Crippen molar-refractivity contribution in [1.29, 1.82) is 0 Å². The van der Waals surface area contributed by atoms with Crippen LogP contribution in [0, 0.1) is 12.8 Å². The molecule has 1 rings (SSSR count). The molecule has 3 heteroatoms. The molecule has 0 bridgehead atoms. The minimum Gasteiger partial charge on any atom is -0.338 e. The van der Waals surface area contributed by atoms with Crippen LogP contribution in [0.3, 0.4) is 0 Å². The summed E-state index contributed by atoms with van der Waals surface area (Å²) in [6.07, 6.45) is 1.98. The maximum atomic E-state index is 11.9. The first kappa shape index (κ1) is 15.5. The minimum atomic E-state index is 0.0213. The van der Waals surface area contributed by atoms with Crippen LogP contribution >= 0.6 is 0 Å². The van der Waals surface area contributed by atoms with Crippen LogP contribution < -0.4 is 5.32 Å². The van der Waals surface area contributed by atoms with Crippen molar-refractivity contribution in [1.82, 2.24) is 10.2 Å². The second kappa shape index (κ2) is 7.82. The van der Waals surface area contributed by atoms with E-state index in [2.05, 4.69) is 50.4 Å². The van der Waals surface area contributed by atoms with Crippen molar-refractivity contribution in [2.75, 3.05) is 20.1 Å². The number of urea groups is 1. The standard InChI is InChI=1S/C16H26N2O/c1-5-13(2)12-18(4)16(19)17-10-9-15-8-6-7-14(3)11-15/h6-8,11,13H,5,9-10,12H2,1-4H3,(H,17,19). The summed E-state index contributed by atoms with van der Waals surface area (Å²) in [5, 5.41) is 2.97. The molecule has 1 unspecified atom stereocenters. The van der Waals surface area contributed by atoms with Gasteiger partial charge in [0.05, 0.1) is 0 Å². The minimum absolute atomic E-state index is 0.0213. The Morgan fingerprint density at radius 3 is 2.79 bits per heavy atom. The molecule has 0 fully saturated rings. The largest absolute Gasteiger partial charge is 0.338 e. The Morgan fingerprint density at radius 1 is 1.42 bits per heavy atom. The van der Waals surface area contributed by atoms with Crippen LogP contribution in [0.15, 0.2) is 24.3 Å². The number of amides is 2. The fourth-order valence-corrected chi connectivity index (χ4v) is 2.00. The second-order valence-electron chi connectivity index (χ2n) is 5.36. The van der Waals surface area contributed by atoms with Crippen LogP contribution in [-0.2, 0) is 6.42 Å². The molecule has 1 aromatic rings. The molecule has 3 nitrogen and oxygen atoms in total. The van der Waals surface area contributed by atoms with Crippen molar-refractivity contribution in [3.8, 4) is 0 Å². The average molecular weight is 262 g/mol. The van der Waals surface area contributed by atoms with Crippen LogP contribution in [0.5, 0.6) is 0 Å². The zero-order chi connectivity index (χ0) is 14.3. The number of carbonyl (C=O) groups is 1. The van der Waals surface area contributed by atoms with E-state index in [1.165, 1.54) is 11.1 Å². The van der Waals surface area contributed by atoms with E-state index in [-0.39, 0.29) is 6.03 Å². The SMILES string of the molecule is CCC(C)CN(C)C(=O)NCCc1cccc(C)c1. The third kappa shape index (κ3) is 5.77. The molecule has 1 N–H and O–H groups in total. The number of rotatable bonds is 6. The third-order valence-corrected chi connectivity index (χ3v) is 3.40. The van der Waals surface area contributed by atoms with Crippen LogP contribution in [0.25, 0.3) is 0 Å². The average Bonchev–Trinajstić information content (AvgIpc) is 2.38. The maximum Gasteiger partial charge on any atom is 0.317 e. The van der Waals surface area contributed by atoms with Crippen LogP contribution in [-0.4, -0.2) is 31.1 Å². The zero-order valence-corrected chi connectivity index (χ0v) is 12.6. The topological polar surface area (TPSA) is 32.3 Å². The van der Waals surface area contributed by atoms with Crippen LogP contribution in [0.1, 0.15) is 31.4 Å². The Balaban J connectivity index is 2.30. The molecular formula is C16H26N2O. The van der Waals surface area contributed by atoms with Gasteiger partial charge in [0.25, 0.3) is 0 Å². The summed E-state index contributed by atoms with van der Waals surface area (Å²) >= 11 is 0. The quantitative estimate of drug-likeness (QED) is 0.838. The molecule has 0 saturated heterocycles. The lowest BCUT2D eigenvalue weighted by Gasteiger charge is -2.21. The highest BCUT2D eigenvalue weighted by Crippen LogP contribution is 2.05. The number of hydrogen-bond donors (Lipinski definition) is 1. The molecule has 0 radical (unpaired) electrons. The molecule has 0 heterocycles. The Kier molecular flexibility index (Phi) is 6.40. The molecule has 0 aromatic heterocycles. The van der Waals surface area contributed by atoms with Crippen LogP contribution in [0.2, 0.25) is 0 Å². The fourth-order valence-electron chi connectivity index (χ4n) is 2.00. The van der Waals surface area contributed by atoms with E-state index in [1.807, 2.05) is 7.05 Å². The molecular weight excluding hydrogens is 236 g/mol.